The van der Waals surface area contributed by atoms with Gasteiger partial charge >= 0.3 is 29.6 Å². The number of methoxy groups -OCH3 is 1. The number of hydrogen-bond acceptors (Lipinski definition) is 6. The van der Waals surface area contributed by atoms with Crippen LogP contribution in [0.2, 0.25) is 0 Å². The number of hydrogen-bond donors (Lipinski definition) is 0. The second kappa shape index (κ2) is 14.8. The molecule has 1 aromatic heterocycles. The molecule has 42 heavy (non-hydrogen) atoms. The molecule has 0 radical (unpaired) electrons. The number of aromatic nitrogens is 1. The smallest absolute Gasteiger partial charge is 0.550 e. The van der Waals surface area contributed by atoms with Gasteiger partial charge in [-0.05, 0) is 65.5 Å². The molecule has 3 aliphatic rings. The number of pyridine rings is 1. The normalized spacial score (nSPS) is 19.8. The molecule has 2 fully saturated rings. The standard InChI is InChI=1S/C30H32F2N2O4.C3H6.Na/c1-18(30(35)36)11-19-3-4-20-6-8-27(38-28(20)12-19)21-5-7-24(25-14-29(37-2)33-15-26(25)32)22(13-21)16-34-10-9-23(31)17-34;1-2-3-1;/h3-5,7,12-15,18,23,27H,6,8-11,16-17H2,1-2H3,(H,35,36);1-3H2;/q;;+1/p-1. The van der Waals surface area contributed by atoms with Crippen molar-refractivity contribution in [2.45, 2.75) is 70.7 Å². The van der Waals surface area contributed by atoms with Crippen molar-refractivity contribution in [1.29, 1.82) is 0 Å². The Bertz CT molecular complexity index is 1380. The van der Waals surface area contributed by atoms with Crippen LogP contribution in [0.15, 0.2) is 48.7 Å². The average Bonchev–Trinajstić information content (AvgIpc) is 3.81. The van der Waals surface area contributed by atoms with E-state index in [1.54, 1.807) is 13.0 Å². The number of carboxylic acid groups (broad SMARTS) is 1. The van der Waals surface area contributed by atoms with E-state index in [1.165, 1.54) is 26.4 Å². The van der Waals surface area contributed by atoms with Gasteiger partial charge in [0.05, 0.1) is 13.3 Å². The molecule has 1 saturated heterocycles. The van der Waals surface area contributed by atoms with Gasteiger partial charge in [-0.1, -0.05) is 56.5 Å². The molecule has 218 valence electrons. The van der Waals surface area contributed by atoms with E-state index in [4.69, 9.17) is 9.47 Å². The van der Waals surface area contributed by atoms with Crippen LogP contribution in [0.4, 0.5) is 8.78 Å². The zero-order chi connectivity index (χ0) is 28.9. The minimum Gasteiger partial charge on any atom is -0.550 e. The number of likely N-dealkylation sites (tertiary alicyclic amines) is 1. The van der Waals surface area contributed by atoms with Gasteiger partial charge in [0, 0.05) is 37.2 Å². The first-order valence-corrected chi connectivity index (χ1v) is 14.5. The summed E-state index contributed by atoms with van der Waals surface area (Å²) in [5, 5.41) is 11.2. The van der Waals surface area contributed by atoms with Gasteiger partial charge in [-0.2, -0.15) is 0 Å². The van der Waals surface area contributed by atoms with Crippen molar-refractivity contribution in [2.24, 2.45) is 5.92 Å². The quantitative estimate of drug-likeness (QED) is 0.378. The minimum absolute atomic E-state index is 0. The van der Waals surface area contributed by atoms with Crippen molar-refractivity contribution in [1.82, 2.24) is 9.88 Å². The Morgan fingerprint density at radius 3 is 2.60 bits per heavy atom. The number of nitrogens with zero attached hydrogens (tertiary/aromatic N) is 2. The van der Waals surface area contributed by atoms with Gasteiger partial charge in [0.15, 0.2) is 0 Å². The molecule has 3 unspecified atom stereocenters. The summed E-state index contributed by atoms with van der Waals surface area (Å²) < 4.78 is 40.5. The van der Waals surface area contributed by atoms with Crippen molar-refractivity contribution in [3.05, 3.63) is 76.7 Å². The van der Waals surface area contributed by atoms with Gasteiger partial charge < -0.3 is 19.4 Å². The fourth-order valence-corrected chi connectivity index (χ4v) is 5.33. The number of aliphatic carboxylic acids is 1. The summed E-state index contributed by atoms with van der Waals surface area (Å²) in [5.74, 6) is -1.05. The second-order valence-electron chi connectivity index (χ2n) is 11.3. The van der Waals surface area contributed by atoms with Crippen molar-refractivity contribution in [3.63, 3.8) is 0 Å². The third-order valence-electron chi connectivity index (χ3n) is 7.81. The van der Waals surface area contributed by atoms with Gasteiger partial charge in [-0.25, -0.2) is 13.8 Å². The summed E-state index contributed by atoms with van der Waals surface area (Å²) in [6.07, 6.45) is 7.04. The Kier molecular flexibility index (Phi) is 11.4. The largest absolute Gasteiger partial charge is 1.00 e. The molecule has 2 aromatic carbocycles. The fraction of sp³-hybridized carbons (Fsp3) is 0.455. The number of carbonyl (C=O) groups excluding carboxylic acids is 1. The SMILES string of the molecule is C1CC1.COc1cc(-c2ccc(C3CCc4ccc(CC(C)C(=O)[O-])cc4O3)cc2CN2CCC(F)C2)c(F)cn1.[Na+]. The van der Waals surface area contributed by atoms with Crippen LogP contribution in [-0.4, -0.2) is 42.2 Å². The third kappa shape index (κ3) is 8.31. The first kappa shape index (κ1) is 32.4. The topological polar surface area (TPSA) is 74.7 Å². The summed E-state index contributed by atoms with van der Waals surface area (Å²) >= 11 is 0. The molecule has 1 aliphatic carbocycles. The predicted molar refractivity (Wildman–Crippen MR) is 151 cm³/mol. The Hall–Kier alpha value is -2.52. The summed E-state index contributed by atoms with van der Waals surface area (Å²) in [4.78, 5) is 17.2. The van der Waals surface area contributed by atoms with Crippen LogP contribution in [0.1, 0.15) is 67.4 Å². The Morgan fingerprint density at radius 2 is 1.93 bits per heavy atom. The Morgan fingerprint density at radius 1 is 1.14 bits per heavy atom. The van der Waals surface area contributed by atoms with Gasteiger partial charge in [-0.3, -0.25) is 4.90 Å². The molecule has 3 heterocycles. The molecule has 0 N–H and O–H groups in total. The molecule has 2 aliphatic heterocycles. The number of carboxylic acids is 1. The van der Waals surface area contributed by atoms with Crippen LogP contribution in [0, 0.1) is 11.7 Å². The van der Waals surface area contributed by atoms with E-state index in [1.807, 2.05) is 41.3 Å². The third-order valence-corrected chi connectivity index (χ3v) is 7.81. The zero-order valence-corrected chi connectivity index (χ0v) is 26.7. The maximum atomic E-state index is 14.9. The number of ether oxygens (including phenoxy) is 2. The van der Waals surface area contributed by atoms with E-state index in [9.17, 15) is 18.7 Å². The molecular weight excluding hydrogens is 549 g/mol. The van der Waals surface area contributed by atoms with Crippen LogP contribution in [0.25, 0.3) is 11.1 Å². The van der Waals surface area contributed by atoms with Crippen LogP contribution < -0.4 is 44.1 Å². The number of carbonyl (C=O) groups is 1. The molecule has 6 nitrogen and oxygen atoms in total. The first-order valence-electron chi connectivity index (χ1n) is 14.5. The first-order chi connectivity index (χ1) is 19.8. The molecule has 0 bridgehead atoms. The number of fused-ring (bicyclic) bond motifs is 1. The van der Waals surface area contributed by atoms with E-state index in [0.29, 0.717) is 49.5 Å². The maximum absolute atomic E-state index is 14.9. The maximum Gasteiger partial charge on any atom is 1.00 e. The number of rotatable bonds is 8. The Labute approximate surface area is 268 Å². The molecule has 0 spiro atoms. The average molecular weight is 587 g/mol. The molecule has 0 amide bonds. The van der Waals surface area contributed by atoms with Gasteiger partial charge in [0.25, 0.3) is 0 Å². The monoisotopic (exact) mass is 586 g/mol. The molecule has 3 aromatic rings. The van der Waals surface area contributed by atoms with E-state index >= 15 is 0 Å². The number of benzene rings is 2. The zero-order valence-electron chi connectivity index (χ0n) is 24.7. The van der Waals surface area contributed by atoms with Crippen molar-refractivity contribution in [2.75, 3.05) is 20.2 Å². The summed E-state index contributed by atoms with van der Waals surface area (Å²) in [6, 6.07) is 13.3. The van der Waals surface area contributed by atoms with E-state index < -0.39 is 23.9 Å². The van der Waals surface area contributed by atoms with Gasteiger partial charge in [0.1, 0.15) is 23.8 Å². The molecule has 3 atom stereocenters. The predicted octanol–water partition coefficient (Wildman–Crippen LogP) is 2.61. The fourth-order valence-electron chi connectivity index (χ4n) is 5.33. The van der Waals surface area contributed by atoms with E-state index in [2.05, 4.69) is 4.98 Å². The number of alkyl halides is 1. The van der Waals surface area contributed by atoms with E-state index in [0.717, 1.165) is 47.0 Å². The molecule has 6 rings (SSSR count). The molecule has 1 saturated carbocycles. The number of aryl methyl sites for hydroxylation is 1. The minimum atomic E-state index is -1.07. The van der Waals surface area contributed by atoms with Crippen LogP contribution >= 0.6 is 0 Å². The Balaban J connectivity index is 0.000000952. The molecular formula is C33H37F2N2NaO4. The summed E-state index contributed by atoms with van der Waals surface area (Å²) in [6.45, 7) is 3.12. The van der Waals surface area contributed by atoms with Crippen LogP contribution in [-0.2, 0) is 24.2 Å². The van der Waals surface area contributed by atoms with Crippen molar-refractivity contribution >= 4 is 5.97 Å². The van der Waals surface area contributed by atoms with Crippen LogP contribution in [0.5, 0.6) is 11.6 Å². The molecule has 9 heteroatoms. The second-order valence-corrected chi connectivity index (χ2v) is 11.3. The van der Waals surface area contributed by atoms with Gasteiger partial charge in [-0.15, -0.1) is 0 Å². The summed E-state index contributed by atoms with van der Waals surface area (Å²) in [7, 11) is 1.49. The van der Waals surface area contributed by atoms with Crippen molar-refractivity contribution in [3.8, 4) is 22.8 Å². The van der Waals surface area contributed by atoms with Crippen LogP contribution in [0.3, 0.4) is 0 Å². The van der Waals surface area contributed by atoms with Gasteiger partial charge in [0.2, 0.25) is 5.88 Å². The van der Waals surface area contributed by atoms with Crippen molar-refractivity contribution < 1.29 is 57.7 Å². The number of halogens is 2. The van der Waals surface area contributed by atoms with E-state index in [-0.39, 0.29) is 35.7 Å². The summed E-state index contributed by atoms with van der Waals surface area (Å²) in [5.41, 5.74) is 4.91.